The Kier molecular flexibility index (Phi) is 3.40. The SMILES string of the molecule is CCO[P+]1([O-])C[C@@H](O)[C@@H](CO)O1. The second kappa shape index (κ2) is 3.96. The van der Waals surface area contributed by atoms with Crippen molar-refractivity contribution >= 4 is 7.94 Å². The molecular weight excluding hydrogens is 183 g/mol. The number of rotatable bonds is 3. The molecule has 0 amide bonds. The van der Waals surface area contributed by atoms with E-state index >= 15 is 0 Å². The fourth-order valence-electron chi connectivity index (χ4n) is 1.10. The van der Waals surface area contributed by atoms with Gasteiger partial charge in [0.15, 0.2) is 6.10 Å². The van der Waals surface area contributed by atoms with Crippen LogP contribution in [-0.4, -0.2) is 41.8 Å². The van der Waals surface area contributed by atoms with Gasteiger partial charge in [0.1, 0.15) is 12.3 Å². The maximum Gasteiger partial charge on any atom is 0.241 e. The predicted molar refractivity (Wildman–Crippen MR) is 41.4 cm³/mol. The summed E-state index contributed by atoms with van der Waals surface area (Å²) >= 11 is 0. The number of hydrogen-bond donors (Lipinski definition) is 2. The molecule has 6 heteroatoms. The van der Waals surface area contributed by atoms with Gasteiger partial charge >= 0.3 is 0 Å². The molecule has 1 unspecified atom stereocenters. The minimum atomic E-state index is -3.11. The van der Waals surface area contributed by atoms with E-state index in [1.54, 1.807) is 6.92 Å². The summed E-state index contributed by atoms with van der Waals surface area (Å²) < 4.78 is 9.74. The first-order chi connectivity index (χ1) is 5.61. The lowest BCUT2D eigenvalue weighted by Crippen LogP contribution is -2.26. The topological polar surface area (TPSA) is 82.0 Å². The molecule has 0 bridgehead atoms. The molecule has 0 aromatic heterocycles. The molecule has 0 aromatic carbocycles. The lowest BCUT2D eigenvalue weighted by Gasteiger charge is -2.20. The maximum atomic E-state index is 11.5. The molecule has 3 atom stereocenters. The van der Waals surface area contributed by atoms with E-state index < -0.39 is 20.2 Å². The van der Waals surface area contributed by atoms with E-state index in [0.717, 1.165) is 0 Å². The Labute approximate surface area is 71.5 Å². The van der Waals surface area contributed by atoms with Gasteiger partial charge in [-0.2, -0.15) is 0 Å². The first-order valence-corrected chi connectivity index (χ1v) is 5.55. The molecule has 12 heavy (non-hydrogen) atoms. The van der Waals surface area contributed by atoms with Crippen LogP contribution < -0.4 is 4.89 Å². The highest BCUT2D eigenvalue weighted by atomic mass is 31.2. The van der Waals surface area contributed by atoms with Gasteiger partial charge in [-0.15, -0.1) is 0 Å². The van der Waals surface area contributed by atoms with E-state index in [4.69, 9.17) is 14.2 Å². The van der Waals surface area contributed by atoms with Gasteiger partial charge in [0.25, 0.3) is 0 Å². The van der Waals surface area contributed by atoms with E-state index in [-0.39, 0.29) is 19.4 Å². The Hall–Kier alpha value is 0.230. The summed E-state index contributed by atoms with van der Waals surface area (Å²) in [5.41, 5.74) is 0. The lowest BCUT2D eigenvalue weighted by molar-refractivity contribution is -0.217. The molecular formula is C6H13O5P. The van der Waals surface area contributed by atoms with Crippen molar-refractivity contribution < 1.29 is 24.2 Å². The van der Waals surface area contributed by atoms with E-state index in [2.05, 4.69) is 0 Å². The second-order valence-electron chi connectivity index (χ2n) is 2.61. The van der Waals surface area contributed by atoms with Gasteiger partial charge in [-0.1, -0.05) is 0 Å². The zero-order chi connectivity index (χ0) is 9.19. The van der Waals surface area contributed by atoms with Crippen LogP contribution in [-0.2, 0) is 9.05 Å². The third-order valence-corrected chi connectivity index (χ3v) is 3.71. The third kappa shape index (κ3) is 2.13. The molecule has 0 radical (unpaired) electrons. The summed E-state index contributed by atoms with van der Waals surface area (Å²) in [5, 5.41) is 17.9. The highest BCUT2D eigenvalue weighted by molar-refractivity contribution is 7.59. The zero-order valence-corrected chi connectivity index (χ0v) is 7.74. The fourth-order valence-corrected chi connectivity index (χ4v) is 3.06. The van der Waals surface area contributed by atoms with E-state index in [1.165, 1.54) is 0 Å². The average molecular weight is 196 g/mol. The Bertz CT molecular complexity index is 155. The second-order valence-corrected chi connectivity index (χ2v) is 4.66. The van der Waals surface area contributed by atoms with E-state index in [9.17, 15) is 10.00 Å². The fraction of sp³-hybridized carbons (Fsp3) is 1.00. The maximum absolute atomic E-state index is 11.5. The van der Waals surface area contributed by atoms with Gasteiger partial charge in [0.2, 0.25) is 7.94 Å². The summed E-state index contributed by atoms with van der Waals surface area (Å²) in [7, 11) is -3.11. The van der Waals surface area contributed by atoms with Crippen LogP contribution in [0.1, 0.15) is 6.92 Å². The Balaban J connectivity index is 2.51. The smallest absolute Gasteiger partial charge is 0.241 e. The normalized spacial score (nSPS) is 42.0. The van der Waals surface area contributed by atoms with Crippen LogP contribution in [0.4, 0.5) is 0 Å². The molecule has 2 N–H and O–H groups in total. The lowest BCUT2D eigenvalue weighted by atomic mass is 10.2. The van der Waals surface area contributed by atoms with Gasteiger partial charge in [-0.05, 0) is 6.92 Å². The third-order valence-electron chi connectivity index (χ3n) is 1.64. The van der Waals surface area contributed by atoms with Crippen molar-refractivity contribution in [3.63, 3.8) is 0 Å². The van der Waals surface area contributed by atoms with Crippen molar-refractivity contribution in [3.05, 3.63) is 0 Å². The molecule has 1 aliphatic heterocycles. The molecule has 1 fully saturated rings. The van der Waals surface area contributed by atoms with E-state index in [0.29, 0.717) is 0 Å². The molecule has 72 valence electrons. The zero-order valence-electron chi connectivity index (χ0n) is 6.84. The number of hydrogen-bond acceptors (Lipinski definition) is 5. The summed E-state index contributed by atoms with van der Waals surface area (Å²) in [6.07, 6.45) is -1.67. The first kappa shape index (κ1) is 10.3. The Morgan fingerprint density at radius 2 is 2.42 bits per heavy atom. The molecule has 5 nitrogen and oxygen atoms in total. The predicted octanol–water partition coefficient (Wildman–Crippen LogP) is -1.10. The molecule has 1 saturated heterocycles. The van der Waals surface area contributed by atoms with Crippen molar-refractivity contribution in [2.45, 2.75) is 19.1 Å². The van der Waals surface area contributed by atoms with Crippen LogP contribution >= 0.6 is 7.94 Å². The minimum absolute atomic E-state index is 0.0218. The van der Waals surface area contributed by atoms with Crippen LogP contribution in [0.3, 0.4) is 0 Å². The van der Waals surface area contributed by atoms with Crippen LogP contribution in [0, 0.1) is 0 Å². The molecule has 1 aliphatic rings. The van der Waals surface area contributed by atoms with Crippen molar-refractivity contribution in [2.24, 2.45) is 0 Å². The first-order valence-electron chi connectivity index (χ1n) is 3.82. The summed E-state index contributed by atoms with van der Waals surface area (Å²) in [4.78, 5) is 11.5. The van der Waals surface area contributed by atoms with Crippen LogP contribution in [0.15, 0.2) is 0 Å². The summed E-state index contributed by atoms with van der Waals surface area (Å²) in [6.45, 7) is 1.64. The van der Waals surface area contributed by atoms with Gasteiger partial charge in [0.05, 0.1) is 13.2 Å². The van der Waals surface area contributed by atoms with Crippen LogP contribution in [0.5, 0.6) is 0 Å². The largest absolute Gasteiger partial charge is 0.631 e. The van der Waals surface area contributed by atoms with Crippen molar-refractivity contribution in [1.82, 2.24) is 0 Å². The van der Waals surface area contributed by atoms with Crippen molar-refractivity contribution in [1.29, 1.82) is 0 Å². The highest BCUT2D eigenvalue weighted by Crippen LogP contribution is 2.58. The number of aliphatic hydroxyl groups is 2. The minimum Gasteiger partial charge on any atom is -0.631 e. The monoisotopic (exact) mass is 196 g/mol. The van der Waals surface area contributed by atoms with Crippen molar-refractivity contribution in [3.8, 4) is 0 Å². The molecule has 0 saturated carbocycles. The van der Waals surface area contributed by atoms with Gasteiger partial charge < -0.3 is 15.1 Å². The Morgan fingerprint density at radius 1 is 1.75 bits per heavy atom. The van der Waals surface area contributed by atoms with Gasteiger partial charge in [-0.3, -0.25) is 0 Å². The Morgan fingerprint density at radius 3 is 2.83 bits per heavy atom. The molecule has 0 spiro atoms. The molecule has 1 heterocycles. The summed E-state index contributed by atoms with van der Waals surface area (Å²) in [6, 6.07) is 0. The molecule has 1 rings (SSSR count). The molecule has 0 aromatic rings. The quantitative estimate of drug-likeness (QED) is 0.560. The average Bonchev–Trinajstić information content (AvgIpc) is 2.27. The van der Waals surface area contributed by atoms with Gasteiger partial charge in [-0.25, -0.2) is 9.05 Å². The van der Waals surface area contributed by atoms with Crippen LogP contribution in [0.25, 0.3) is 0 Å². The summed E-state index contributed by atoms with van der Waals surface area (Å²) in [5.74, 6) is 0. The van der Waals surface area contributed by atoms with Gasteiger partial charge in [0, 0.05) is 0 Å². The molecule has 0 aliphatic carbocycles. The number of aliphatic hydroxyl groups excluding tert-OH is 2. The standard InChI is InChI=1S/C6H13O5P/c1-2-10-12(9)4-5(8)6(3-7)11-12/h5-8H,2-4H2,1H3/t5-,6-,12?/m1/s1. The van der Waals surface area contributed by atoms with Crippen LogP contribution in [0.2, 0.25) is 0 Å². The van der Waals surface area contributed by atoms with E-state index in [1.807, 2.05) is 0 Å². The van der Waals surface area contributed by atoms with Crippen molar-refractivity contribution in [2.75, 3.05) is 19.4 Å². The highest BCUT2D eigenvalue weighted by Gasteiger charge is 2.47.